The number of methoxy groups -OCH3 is 1. The molecule has 0 radical (unpaired) electrons. The third-order valence-electron chi connectivity index (χ3n) is 1.88. The molecule has 1 aromatic heterocycles. The molecule has 1 amide bonds. The van der Waals surface area contributed by atoms with Crippen LogP contribution in [0, 0.1) is 0 Å². The van der Waals surface area contributed by atoms with Gasteiger partial charge in [0.15, 0.2) is 6.04 Å². The fourth-order valence-corrected chi connectivity index (χ4v) is 1.45. The van der Waals surface area contributed by atoms with Crippen molar-refractivity contribution >= 4 is 27.8 Å². The molecule has 1 heterocycles. The molecule has 0 aliphatic carbocycles. The van der Waals surface area contributed by atoms with Crippen LogP contribution in [0.1, 0.15) is 10.5 Å². The number of aliphatic carboxylic acids is 1. The van der Waals surface area contributed by atoms with E-state index in [9.17, 15) is 9.59 Å². The molecular weight excluding hydrogens is 292 g/mol. The minimum Gasteiger partial charge on any atom is -0.480 e. The fourth-order valence-electron chi connectivity index (χ4n) is 1.11. The second kappa shape index (κ2) is 6.31. The molecule has 1 atom stereocenters. The number of pyridine rings is 1. The summed E-state index contributed by atoms with van der Waals surface area (Å²) >= 11 is 3.12. The Morgan fingerprint density at radius 1 is 1.59 bits per heavy atom. The summed E-state index contributed by atoms with van der Waals surface area (Å²) in [6, 6.07) is 3.71. The quantitative estimate of drug-likeness (QED) is 0.781. The minimum absolute atomic E-state index is 0.102. The highest BCUT2D eigenvalue weighted by atomic mass is 79.9. The Morgan fingerprint density at radius 3 is 2.82 bits per heavy atom. The van der Waals surface area contributed by atoms with E-state index >= 15 is 0 Å². The number of carbonyl (C=O) groups is 2. The summed E-state index contributed by atoms with van der Waals surface area (Å²) in [4.78, 5) is 26.4. The Balaban J connectivity index is 2.73. The summed E-state index contributed by atoms with van der Waals surface area (Å²) in [5.74, 6) is -1.72. The number of hydrogen-bond acceptors (Lipinski definition) is 4. The largest absolute Gasteiger partial charge is 0.480 e. The van der Waals surface area contributed by atoms with Gasteiger partial charge in [0.25, 0.3) is 5.91 Å². The molecule has 92 valence electrons. The number of halogens is 1. The number of ether oxygens (including phenoxy) is 1. The number of carboxylic acid groups (broad SMARTS) is 1. The number of nitrogens with one attached hydrogen (secondary N) is 1. The molecule has 0 bridgehead atoms. The number of amides is 1. The molecule has 17 heavy (non-hydrogen) atoms. The predicted octanol–water partition coefficient (Wildman–Crippen LogP) is 0.674. The van der Waals surface area contributed by atoms with E-state index in [4.69, 9.17) is 9.84 Å². The Morgan fingerprint density at radius 2 is 2.29 bits per heavy atom. The number of carboxylic acids is 1. The first-order chi connectivity index (χ1) is 8.04. The van der Waals surface area contributed by atoms with Crippen LogP contribution in [0.25, 0.3) is 0 Å². The van der Waals surface area contributed by atoms with Gasteiger partial charge < -0.3 is 15.2 Å². The molecule has 0 saturated heterocycles. The number of nitrogens with zero attached hydrogens (tertiary/aromatic N) is 1. The van der Waals surface area contributed by atoms with Gasteiger partial charge in [0.2, 0.25) is 0 Å². The maximum absolute atomic E-state index is 11.7. The third-order valence-corrected chi connectivity index (χ3v) is 2.33. The second-order valence-electron chi connectivity index (χ2n) is 3.17. The molecule has 7 heteroatoms. The van der Waals surface area contributed by atoms with Crippen LogP contribution in [0.5, 0.6) is 0 Å². The van der Waals surface area contributed by atoms with Gasteiger partial charge in [-0.05, 0) is 28.1 Å². The van der Waals surface area contributed by atoms with Gasteiger partial charge in [-0.2, -0.15) is 0 Å². The summed E-state index contributed by atoms with van der Waals surface area (Å²) in [6.45, 7) is -0.102. The molecule has 0 spiro atoms. The average Bonchev–Trinajstić information content (AvgIpc) is 2.28. The van der Waals surface area contributed by atoms with E-state index in [1.165, 1.54) is 13.2 Å². The van der Waals surface area contributed by atoms with E-state index in [0.717, 1.165) is 0 Å². The summed E-state index contributed by atoms with van der Waals surface area (Å²) in [6.07, 6.45) is 0. The lowest BCUT2D eigenvalue weighted by atomic mass is 10.3. The van der Waals surface area contributed by atoms with Crippen molar-refractivity contribution < 1.29 is 19.4 Å². The van der Waals surface area contributed by atoms with Crippen LogP contribution in [-0.4, -0.2) is 41.7 Å². The topological polar surface area (TPSA) is 88.5 Å². The van der Waals surface area contributed by atoms with Crippen LogP contribution < -0.4 is 5.32 Å². The highest BCUT2D eigenvalue weighted by Gasteiger charge is 2.20. The Kier molecular flexibility index (Phi) is 5.05. The predicted molar refractivity (Wildman–Crippen MR) is 62.7 cm³/mol. The van der Waals surface area contributed by atoms with Crippen molar-refractivity contribution in [1.82, 2.24) is 10.3 Å². The third kappa shape index (κ3) is 4.12. The lowest BCUT2D eigenvalue weighted by molar-refractivity contribution is -0.140. The molecule has 6 nitrogen and oxygen atoms in total. The number of aromatic nitrogens is 1. The zero-order valence-electron chi connectivity index (χ0n) is 9.01. The summed E-state index contributed by atoms with van der Waals surface area (Å²) in [7, 11) is 1.36. The van der Waals surface area contributed by atoms with Crippen molar-refractivity contribution in [3.63, 3.8) is 0 Å². The zero-order valence-corrected chi connectivity index (χ0v) is 10.6. The highest BCUT2D eigenvalue weighted by molar-refractivity contribution is 9.10. The van der Waals surface area contributed by atoms with Gasteiger partial charge in [-0.25, -0.2) is 9.78 Å². The molecule has 0 fully saturated rings. The maximum Gasteiger partial charge on any atom is 0.328 e. The van der Waals surface area contributed by atoms with Crippen LogP contribution >= 0.6 is 15.9 Å². The average molecular weight is 303 g/mol. The van der Waals surface area contributed by atoms with Gasteiger partial charge in [0.1, 0.15) is 10.3 Å². The number of carbonyl (C=O) groups excluding carboxylic acids is 1. The fraction of sp³-hybridized carbons (Fsp3) is 0.300. The molecule has 1 aromatic rings. The Bertz CT molecular complexity index is 425. The molecule has 0 aromatic carbocycles. The van der Waals surface area contributed by atoms with Gasteiger partial charge in [0, 0.05) is 7.11 Å². The first kappa shape index (κ1) is 13.6. The smallest absolute Gasteiger partial charge is 0.328 e. The molecule has 0 aliphatic rings. The Hall–Kier alpha value is -1.47. The molecular formula is C10H11BrN2O4. The SMILES string of the molecule is COCC(NC(=O)c1cccc(Br)n1)C(=O)O. The van der Waals surface area contributed by atoms with E-state index in [-0.39, 0.29) is 12.3 Å². The molecule has 0 aliphatic heterocycles. The van der Waals surface area contributed by atoms with Gasteiger partial charge in [-0.3, -0.25) is 4.79 Å². The van der Waals surface area contributed by atoms with Crippen molar-refractivity contribution in [3.8, 4) is 0 Å². The minimum atomic E-state index is -1.16. The van der Waals surface area contributed by atoms with E-state index in [2.05, 4.69) is 26.2 Å². The zero-order chi connectivity index (χ0) is 12.8. The highest BCUT2D eigenvalue weighted by Crippen LogP contribution is 2.06. The normalized spacial score (nSPS) is 11.9. The molecule has 0 saturated carbocycles. The number of hydrogen-bond donors (Lipinski definition) is 2. The first-order valence-electron chi connectivity index (χ1n) is 4.69. The number of rotatable bonds is 5. The van der Waals surface area contributed by atoms with Crippen molar-refractivity contribution in [3.05, 3.63) is 28.5 Å². The van der Waals surface area contributed by atoms with Gasteiger partial charge in [-0.1, -0.05) is 6.07 Å². The summed E-state index contributed by atoms with van der Waals surface area (Å²) in [5.41, 5.74) is 0.140. The van der Waals surface area contributed by atoms with E-state index in [0.29, 0.717) is 4.60 Å². The summed E-state index contributed by atoms with van der Waals surface area (Å²) < 4.78 is 5.20. The molecule has 1 unspecified atom stereocenters. The van der Waals surface area contributed by atoms with E-state index in [1.807, 2.05) is 0 Å². The standard InChI is InChI=1S/C10H11BrN2O4/c1-17-5-7(10(15)16)13-9(14)6-3-2-4-8(11)12-6/h2-4,7H,5H2,1H3,(H,13,14)(H,15,16). The van der Waals surface area contributed by atoms with Crippen LogP contribution in [0.4, 0.5) is 0 Å². The van der Waals surface area contributed by atoms with Crippen LogP contribution in [0.2, 0.25) is 0 Å². The van der Waals surface area contributed by atoms with Gasteiger partial charge in [0.05, 0.1) is 6.61 Å². The van der Waals surface area contributed by atoms with Crippen molar-refractivity contribution in [1.29, 1.82) is 0 Å². The van der Waals surface area contributed by atoms with Crippen molar-refractivity contribution in [2.75, 3.05) is 13.7 Å². The van der Waals surface area contributed by atoms with Crippen molar-refractivity contribution in [2.24, 2.45) is 0 Å². The van der Waals surface area contributed by atoms with E-state index in [1.54, 1.807) is 12.1 Å². The van der Waals surface area contributed by atoms with Gasteiger partial charge >= 0.3 is 5.97 Å². The Labute approximate surface area is 106 Å². The molecule has 2 N–H and O–H groups in total. The first-order valence-corrected chi connectivity index (χ1v) is 5.49. The van der Waals surface area contributed by atoms with Crippen molar-refractivity contribution in [2.45, 2.75) is 6.04 Å². The second-order valence-corrected chi connectivity index (χ2v) is 3.98. The van der Waals surface area contributed by atoms with Crippen LogP contribution in [-0.2, 0) is 9.53 Å². The van der Waals surface area contributed by atoms with E-state index < -0.39 is 17.9 Å². The van der Waals surface area contributed by atoms with Crippen LogP contribution in [0.3, 0.4) is 0 Å². The lowest BCUT2D eigenvalue weighted by Crippen LogP contribution is -2.44. The monoisotopic (exact) mass is 302 g/mol. The van der Waals surface area contributed by atoms with Gasteiger partial charge in [-0.15, -0.1) is 0 Å². The summed E-state index contributed by atoms with van der Waals surface area (Å²) in [5, 5.41) is 11.1. The molecule has 1 rings (SSSR count). The van der Waals surface area contributed by atoms with Crippen LogP contribution in [0.15, 0.2) is 22.8 Å². The lowest BCUT2D eigenvalue weighted by Gasteiger charge is -2.12. The maximum atomic E-state index is 11.7.